The molecule has 1 saturated heterocycles. The van der Waals surface area contributed by atoms with Gasteiger partial charge in [0, 0.05) is 24.7 Å². The van der Waals surface area contributed by atoms with Crippen LogP contribution in [0.15, 0.2) is 23.2 Å². The first-order valence-corrected chi connectivity index (χ1v) is 9.84. The van der Waals surface area contributed by atoms with Gasteiger partial charge in [-0.15, -0.1) is 24.0 Å². The van der Waals surface area contributed by atoms with E-state index in [4.69, 9.17) is 0 Å². The van der Waals surface area contributed by atoms with Crippen LogP contribution < -0.4 is 10.6 Å². The highest BCUT2D eigenvalue weighted by atomic mass is 127. The minimum atomic E-state index is -0.536. The van der Waals surface area contributed by atoms with Gasteiger partial charge >= 0.3 is 0 Å². The van der Waals surface area contributed by atoms with Gasteiger partial charge in [-0.05, 0) is 59.1 Å². The summed E-state index contributed by atoms with van der Waals surface area (Å²) in [6.45, 7) is 8.20. The zero-order chi connectivity index (χ0) is 19.8. The molecule has 0 bridgehead atoms. The highest BCUT2D eigenvalue weighted by Gasteiger charge is 2.24. The molecule has 2 rings (SSSR count). The van der Waals surface area contributed by atoms with Gasteiger partial charge in [0.1, 0.15) is 11.6 Å². The Bertz CT molecular complexity index is 606. The first kappa shape index (κ1) is 25.0. The zero-order valence-electron chi connectivity index (χ0n) is 17.3. The van der Waals surface area contributed by atoms with E-state index in [0.717, 1.165) is 26.2 Å². The lowest BCUT2D eigenvalue weighted by atomic mass is 10.0. The van der Waals surface area contributed by atoms with Crippen molar-refractivity contribution in [1.29, 1.82) is 0 Å². The molecule has 2 unspecified atom stereocenters. The molecule has 28 heavy (non-hydrogen) atoms. The Morgan fingerprint density at radius 3 is 2.50 bits per heavy atom. The highest BCUT2D eigenvalue weighted by molar-refractivity contribution is 14.0. The minimum absolute atomic E-state index is 0. The van der Waals surface area contributed by atoms with Crippen molar-refractivity contribution in [1.82, 2.24) is 20.4 Å². The SMILES string of the molecule is CCNC(=NCC(c1c(F)cccc1F)N(C)C)NCC1CCCN1CC.I. The lowest BCUT2D eigenvalue weighted by molar-refractivity contribution is 0.266. The van der Waals surface area contributed by atoms with Crippen LogP contribution in [-0.4, -0.2) is 68.6 Å². The van der Waals surface area contributed by atoms with Crippen molar-refractivity contribution in [2.75, 3.05) is 46.8 Å². The molecule has 1 aromatic rings. The van der Waals surface area contributed by atoms with Crippen LogP contribution in [0.2, 0.25) is 0 Å². The Hall–Kier alpha value is -1.00. The van der Waals surface area contributed by atoms with Crippen LogP contribution in [0.1, 0.15) is 38.3 Å². The standard InChI is InChI=1S/C20H33F2N5.HI/c1-5-23-20(24-13-15-9-8-12-27(15)6-2)25-14-18(26(3)4)19-16(21)10-7-11-17(19)22;/h7,10-11,15,18H,5-6,8-9,12-14H2,1-4H3,(H2,23,24,25);1H. The molecule has 0 spiro atoms. The van der Waals surface area contributed by atoms with Crippen LogP contribution in [0.5, 0.6) is 0 Å². The second-order valence-electron chi connectivity index (χ2n) is 7.14. The zero-order valence-corrected chi connectivity index (χ0v) is 19.7. The molecule has 1 aromatic carbocycles. The van der Waals surface area contributed by atoms with E-state index in [-0.39, 0.29) is 36.1 Å². The van der Waals surface area contributed by atoms with Crippen molar-refractivity contribution < 1.29 is 8.78 Å². The normalized spacial score (nSPS) is 18.8. The largest absolute Gasteiger partial charge is 0.357 e. The summed E-state index contributed by atoms with van der Waals surface area (Å²) in [5, 5.41) is 6.62. The Morgan fingerprint density at radius 1 is 1.25 bits per heavy atom. The summed E-state index contributed by atoms with van der Waals surface area (Å²) in [6.07, 6.45) is 2.41. The van der Waals surface area contributed by atoms with Gasteiger partial charge in [-0.25, -0.2) is 8.78 Å². The molecule has 1 aliphatic rings. The molecule has 160 valence electrons. The van der Waals surface area contributed by atoms with E-state index in [2.05, 4.69) is 27.4 Å². The average Bonchev–Trinajstić information content (AvgIpc) is 3.09. The number of rotatable bonds is 8. The molecule has 8 heteroatoms. The smallest absolute Gasteiger partial charge is 0.191 e. The summed E-state index contributed by atoms with van der Waals surface area (Å²) in [6, 6.07) is 4.01. The van der Waals surface area contributed by atoms with Crippen molar-refractivity contribution in [3.63, 3.8) is 0 Å². The maximum Gasteiger partial charge on any atom is 0.191 e. The quantitative estimate of drug-likeness (QED) is 0.321. The number of nitrogens with one attached hydrogen (secondary N) is 2. The van der Waals surface area contributed by atoms with Gasteiger partial charge in [-0.1, -0.05) is 13.0 Å². The topological polar surface area (TPSA) is 42.9 Å². The average molecular weight is 509 g/mol. The van der Waals surface area contributed by atoms with Crippen LogP contribution in [-0.2, 0) is 0 Å². The molecule has 2 N–H and O–H groups in total. The number of likely N-dealkylation sites (N-methyl/N-ethyl adjacent to an activating group) is 2. The number of aliphatic imine (C=N–C) groups is 1. The summed E-state index contributed by atoms with van der Waals surface area (Å²) in [4.78, 5) is 8.87. The Balaban J connectivity index is 0.00000392. The predicted octanol–water partition coefficient (Wildman–Crippen LogP) is 3.22. The molecule has 0 saturated carbocycles. The molecular weight excluding hydrogens is 475 g/mol. The molecule has 2 atom stereocenters. The van der Waals surface area contributed by atoms with Crippen molar-refractivity contribution in [2.45, 2.75) is 38.8 Å². The fourth-order valence-corrected chi connectivity index (χ4v) is 3.62. The summed E-state index contributed by atoms with van der Waals surface area (Å²) in [5.74, 6) is -0.387. The van der Waals surface area contributed by atoms with E-state index in [9.17, 15) is 8.78 Å². The maximum atomic E-state index is 14.2. The number of hydrogen-bond donors (Lipinski definition) is 2. The molecule has 0 aromatic heterocycles. The van der Waals surface area contributed by atoms with E-state index < -0.39 is 17.7 Å². The van der Waals surface area contributed by atoms with Crippen LogP contribution in [0, 0.1) is 11.6 Å². The van der Waals surface area contributed by atoms with Gasteiger partial charge in [0.2, 0.25) is 0 Å². The molecule has 1 aliphatic heterocycles. The van der Waals surface area contributed by atoms with Gasteiger partial charge in [0.05, 0.1) is 12.6 Å². The van der Waals surface area contributed by atoms with Crippen molar-refractivity contribution >= 4 is 29.9 Å². The molecule has 0 aliphatic carbocycles. The summed E-state index contributed by atoms with van der Waals surface area (Å²) < 4.78 is 28.4. The van der Waals surface area contributed by atoms with Crippen LogP contribution in [0.25, 0.3) is 0 Å². The maximum absolute atomic E-state index is 14.2. The molecule has 1 heterocycles. The highest BCUT2D eigenvalue weighted by Crippen LogP contribution is 2.24. The Kier molecular flexibility index (Phi) is 11.2. The van der Waals surface area contributed by atoms with Crippen LogP contribution in [0.3, 0.4) is 0 Å². The predicted molar refractivity (Wildman–Crippen MR) is 122 cm³/mol. The second-order valence-corrected chi connectivity index (χ2v) is 7.14. The Morgan fingerprint density at radius 2 is 1.93 bits per heavy atom. The molecule has 1 fully saturated rings. The van der Waals surface area contributed by atoms with Crippen LogP contribution in [0.4, 0.5) is 8.78 Å². The van der Waals surface area contributed by atoms with Gasteiger partial charge < -0.3 is 15.5 Å². The van der Waals surface area contributed by atoms with Crippen molar-refractivity contribution in [3.8, 4) is 0 Å². The fourth-order valence-electron chi connectivity index (χ4n) is 3.62. The molecular formula is C20H34F2IN5. The van der Waals surface area contributed by atoms with E-state index >= 15 is 0 Å². The van der Waals surface area contributed by atoms with Crippen molar-refractivity contribution in [2.24, 2.45) is 4.99 Å². The number of hydrogen-bond acceptors (Lipinski definition) is 3. The third kappa shape index (κ3) is 6.81. The fraction of sp³-hybridized carbons (Fsp3) is 0.650. The summed E-state index contributed by atoms with van der Waals surface area (Å²) in [5.41, 5.74) is 0.0649. The third-order valence-corrected chi connectivity index (χ3v) is 5.13. The summed E-state index contributed by atoms with van der Waals surface area (Å²) in [7, 11) is 3.62. The minimum Gasteiger partial charge on any atom is -0.357 e. The van der Waals surface area contributed by atoms with Gasteiger partial charge in [-0.2, -0.15) is 0 Å². The first-order valence-electron chi connectivity index (χ1n) is 9.84. The number of benzene rings is 1. The Labute approximate surface area is 185 Å². The van der Waals surface area contributed by atoms with Crippen molar-refractivity contribution in [3.05, 3.63) is 35.4 Å². The van der Waals surface area contributed by atoms with E-state index in [1.165, 1.54) is 31.0 Å². The summed E-state index contributed by atoms with van der Waals surface area (Å²) >= 11 is 0. The number of likely N-dealkylation sites (tertiary alicyclic amines) is 1. The number of guanidine groups is 1. The van der Waals surface area contributed by atoms with E-state index in [1.807, 2.05) is 21.0 Å². The third-order valence-electron chi connectivity index (χ3n) is 5.13. The lowest BCUT2D eigenvalue weighted by Gasteiger charge is -2.26. The molecule has 0 radical (unpaired) electrons. The number of halogens is 3. The van der Waals surface area contributed by atoms with Gasteiger partial charge in [0.15, 0.2) is 5.96 Å². The van der Waals surface area contributed by atoms with E-state index in [0.29, 0.717) is 12.0 Å². The van der Waals surface area contributed by atoms with Gasteiger partial charge in [-0.3, -0.25) is 9.89 Å². The number of nitrogens with zero attached hydrogens (tertiary/aromatic N) is 3. The molecule has 0 amide bonds. The van der Waals surface area contributed by atoms with Crippen LogP contribution >= 0.6 is 24.0 Å². The second kappa shape index (κ2) is 12.5. The monoisotopic (exact) mass is 509 g/mol. The molecule has 5 nitrogen and oxygen atoms in total. The van der Waals surface area contributed by atoms with Gasteiger partial charge in [0.25, 0.3) is 0 Å². The lowest BCUT2D eigenvalue weighted by Crippen LogP contribution is -2.45. The van der Waals surface area contributed by atoms with E-state index in [1.54, 1.807) is 4.90 Å². The first-order chi connectivity index (χ1) is 13.0.